The number of nitrogens with two attached hydrogens (primary N) is 1. The minimum atomic E-state index is -4.49. The van der Waals surface area contributed by atoms with Crippen molar-refractivity contribution >= 4 is 21.4 Å². The van der Waals surface area contributed by atoms with Crippen LogP contribution in [0.15, 0.2) is 40.2 Å². The second kappa shape index (κ2) is 5.17. The number of benzene rings is 1. The molecule has 0 saturated carbocycles. The number of anilines is 2. The van der Waals surface area contributed by atoms with Crippen molar-refractivity contribution in [2.45, 2.75) is 4.90 Å². The number of aryl methyl sites for hydroxylation is 1. The van der Waals surface area contributed by atoms with Gasteiger partial charge in [-0.05, 0) is 18.2 Å². The first-order chi connectivity index (χ1) is 9.70. The number of hydrogen-bond donors (Lipinski definition) is 2. The number of hydrogen-bond acceptors (Lipinski definition) is 4. The fraction of sp³-hybridized carbons (Fsp3) is 0.0833. The predicted octanol–water partition coefficient (Wildman–Crippen LogP) is 1.05. The molecule has 0 atom stereocenters. The first-order valence-corrected chi connectivity index (χ1v) is 7.13. The molecule has 0 aliphatic carbocycles. The summed E-state index contributed by atoms with van der Waals surface area (Å²) < 4.78 is 54.5. The summed E-state index contributed by atoms with van der Waals surface area (Å²) in [6, 6.07) is 3.72. The normalized spacial score (nSPS) is 11.4. The lowest BCUT2D eigenvalue weighted by molar-refractivity contribution is 0.522. The van der Waals surface area contributed by atoms with Crippen LogP contribution < -0.4 is 16.0 Å². The molecule has 1 aromatic heterocycles. The average Bonchev–Trinajstić information content (AvgIpc) is 2.31. The molecule has 0 fully saturated rings. The summed E-state index contributed by atoms with van der Waals surface area (Å²) in [5.41, 5.74) is 4.63. The molecular weight excluding hydrogens is 304 g/mol. The third-order valence-corrected chi connectivity index (χ3v) is 4.06. The summed E-state index contributed by atoms with van der Waals surface area (Å²) in [4.78, 5) is 10.1. The molecular formula is C12H11F2N3O3S. The van der Waals surface area contributed by atoms with Gasteiger partial charge in [0.2, 0.25) is 5.56 Å². The van der Waals surface area contributed by atoms with E-state index in [1.807, 2.05) is 4.72 Å². The first-order valence-electron chi connectivity index (χ1n) is 5.65. The zero-order chi connectivity index (χ0) is 15.8. The van der Waals surface area contributed by atoms with Crippen LogP contribution in [-0.2, 0) is 17.1 Å². The van der Waals surface area contributed by atoms with Crippen LogP contribution in [0.2, 0.25) is 0 Å². The Balaban J connectivity index is 2.48. The van der Waals surface area contributed by atoms with E-state index < -0.39 is 26.6 Å². The molecule has 0 spiro atoms. The summed E-state index contributed by atoms with van der Waals surface area (Å²) in [7, 11) is -3.08. The maximum absolute atomic E-state index is 13.7. The van der Waals surface area contributed by atoms with Gasteiger partial charge in [-0.2, -0.15) is 0 Å². The quantitative estimate of drug-likeness (QED) is 0.828. The van der Waals surface area contributed by atoms with Crippen LogP contribution in [0.4, 0.5) is 20.2 Å². The number of nitrogens with one attached hydrogen (secondary N) is 1. The van der Waals surface area contributed by atoms with Crippen molar-refractivity contribution in [1.82, 2.24) is 4.57 Å². The van der Waals surface area contributed by atoms with Crippen LogP contribution in [0.1, 0.15) is 0 Å². The van der Waals surface area contributed by atoms with Crippen molar-refractivity contribution in [2.75, 3.05) is 10.5 Å². The van der Waals surface area contributed by atoms with Crippen molar-refractivity contribution in [2.24, 2.45) is 7.05 Å². The lowest BCUT2D eigenvalue weighted by Gasteiger charge is -2.11. The number of halogens is 2. The van der Waals surface area contributed by atoms with Gasteiger partial charge in [-0.25, -0.2) is 17.2 Å². The molecule has 0 saturated heterocycles. The number of aromatic nitrogens is 1. The second-order valence-electron chi connectivity index (χ2n) is 4.29. The van der Waals surface area contributed by atoms with Crippen LogP contribution in [0, 0.1) is 11.6 Å². The minimum absolute atomic E-state index is 0.00674. The van der Waals surface area contributed by atoms with Gasteiger partial charge in [0.05, 0.1) is 5.69 Å². The second-order valence-corrected chi connectivity index (χ2v) is 5.91. The van der Waals surface area contributed by atoms with Gasteiger partial charge in [0.25, 0.3) is 10.0 Å². The molecule has 0 unspecified atom stereocenters. The Morgan fingerprint density at radius 3 is 2.29 bits per heavy atom. The Bertz CT molecular complexity index is 839. The van der Waals surface area contributed by atoms with Crippen LogP contribution in [0.25, 0.3) is 0 Å². The summed E-state index contributed by atoms with van der Waals surface area (Å²) in [6.45, 7) is 0. The maximum atomic E-state index is 13.7. The Morgan fingerprint density at radius 1 is 1.19 bits per heavy atom. The van der Waals surface area contributed by atoms with Crippen molar-refractivity contribution < 1.29 is 17.2 Å². The topological polar surface area (TPSA) is 94.2 Å². The molecule has 1 aromatic carbocycles. The van der Waals surface area contributed by atoms with Gasteiger partial charge in [-0.15, -0.1) is 0 Å². The molecule has 3 N–H and O–H groups in total. The highest BCUT2D eigenvalue weighted by atomic mass is 32.2. The maximum Gasteiger partial charge on any atom is 0.267 e. The molecule has 21 heavy (non-hydrogen) atoms. The van der Waals surface area contributed by atoms with E-state index in [2.05, 4.69) is 0 Å². The van der Waals surface area contributed by atoms with Gasteiger partial charge in [-0.3, -0.25) is 9.52 Å². The van der Waals surface area contributed by atoms with E-state index in [9.17, 15) is 22.0 Å². The van der Waals surface area contributed by atoms with Crippen molar-refractivity contribution in [1.29, 1.82) is 0 Å². The summed E-state index contributed by atoms with van der Waals surface area (Å²) in [5, 5.41) is 0. The van der Waals surface area contributed by atoms with E-state index in [1.165, 1.54) is 19.3 Å². The smallest absolute Gasteiger partial charge is 0.267 e. The van der Waals surface area contributed by atoms with E-state index in [0.717, 1.165) is 10.6 Å². The number of nitrogens with zero attached hydrogens (tertiary/aromatic N) is 1. The van der Waals surface area contributed by atoms with Crippen LogP contribution in [0.3, 0.4) is 0 Å². The zero-order valence-electron chi connectivity index (χ0n) is 10.8. The van der Waals surface area contributed by atoms with Gasteiger partial charge < -0.3 is 10.3 Å². The number of nitrogen functional groups attached to an aromatic ring is 1. The zero-order valence-corrected chi connectivity index (χ0v) is 11.6. The summed E-state index contributed by atoms with van der Waals surface area (Å²) in [6.07, 6.45) is 1.19. The fourth-order valence-corrected chi connectivity index (χ4v) is 2.86. The van der Waals surface area contributed by atoms with Crippen LogP contribution >= 0.6 is 0 Å². The number of pyridine rings is 1. The first kappa shape index (κ1) is 15.0. The molecule has 2 rings (SSSR count). The van der Waals surface area contributed by atoms with E-state index in [0.29, 0.717) is 12.1 Å². The van der Waals surface area contributed by atoms with Crippen molar-refractivity contribution in [3.8, 4) is 0 Å². The highest BCUT2D eigenvalue weighted by molar-refractivity contribution is 7.92. The van der Waals surface area contributed by atoms with E-state index in [4.69, 9.17) is 5.73 Å². The van der Waals surface area contributed by atoms with Gasteiger partial charge in [0.15, 0.2) is 4.90 Å². The molecule has 6 nitrogen and oxygen atoms in total. The molecule has 0 radical (unpaired) electrons. The molecule has 1 heterocycles. The standard InChI is InChI=1S/C12H11F2N3O3S/c1-17-6-8(2-3-11(17)18)16-21(19,20)12-9(13)4-7(15)5-10(12)14/h2-6,16H,15H2,1H3. The number of rotatable bonds is 3. The van der Waals surface area contributed by atoms with Crippen LogP contribution in [0.5, 0.6) is 0 Å². The van der Waals surface area contributed by atoms with Gasteiger partial charge >= 0.3 is 0 Å². The fourth-order valence-electron chi connectivity index (χ4n) is 1.70. The molecule has 2 aromatic rings. The minimum Gasteiger partial charge on any atom is -0.399 e. The highest BCUT2D eigenvalue weighted by Gasteiger charge is 2.24. The average molecular weight is 315 g/mol. The van der Waals surface area contributed by atoms with Gasteiger partial charge in [-0.1, -0.05) is 0 Å². The lowest BCUT2D eigenvalue weighted by Crippen LogP contribution is -2.20. The summed E-state index contributed by atoms with van der Waals surface area (Å²) >= 11 is 0. The Hall–Kier alpha value is -2.42. The van der Waals surface area contributed by atoms with Gasteiger partial charge in [0.1, 0.15) is 11.6 Å². The molecule has 0 aliphatic heterocycles. The predicted molar refractivity (Wildman–Crippen MR) is 73.3 cm³/mol. The molecule has 0 aliphatic rings. The van der Waals surface area contributed by atoms with Gasteiger partial charge in [0, 0.05) is 25.0 Å². The largest absolute Gasteiger partial charge is 0.399 e. The summed E-state index contributed by atoms with van der Waals surface area (Å²) in [5.74, 6) is -2.60. The van der Waals surface area contributed by atoms with E-state index >= 15 is 0 Å². The van der Waals surface area contributed by atoms with Crippen LogP contribution in [-0.4, -0.2) is 13.0 Å². The van der Waals surface area contributed by atoms with Crippen molar-refractivity contribution in [3.63, 3.8) is 0 Å². The Kier molecular flexibility index (Phi) is 3.69. The monoisotopic (exact) mass is 315 g/mol. The number of sulfonamides is 1. The third kappa shape index (κ3) is 3.02. The van der Waals surface area contributed by atoms with E-state index in [1.54, 1.807) is 0 Å². The molecule has 112 valence electrons. The molecule has 9 heteroatoms. The third-order valence-electron chi connectivity index (χ3n) is 2.63. The molecule has 0 bridgehead atoms. The SMILES string of the molecule is Cn1cc(NS(=O)(=O)c2c(F)cc(N)cc2F)ccc1=O. The Labute approximate surface area is 118 Å². The van der Waals surface area contributed by atoms with E-state index in [-0.39, 0.29) is 16.9 Å². The molecule has 0 amide bonds. The highest BCUT2D eigenvalue weighted by Crippen LogP contribution is 2.23. The Morgan fingerprint density at radius 2 is 1.76 bits per heavy atom. The lowest BCUT2D eigenvalue weighted by atomic mass is 10.3. The van der Waals surface area contributed by atoms with Crippen molar-refractivity contribution in [3.05, 3.63) is 52.5 Å².